The maximum absolute atomic E-state index is 2.30. The van der Waals surface area contributed by atoms with Gasteiger partial charge in [0, 0.05) is 0 Å². The Morgan fingerprint density at radius 2 is 0.922 bits per heavy atom. The second-order valence-electron chi connectivity index (χ2n) is 13.5. The van der Waals surface area contributed by atoms with Crippen molar-refractivity contribution in [2.45, 2.75) is 73.6 Å². The average Bonchev–Trinajstić information content (AvgIpc) is 3.17. The smallest absolute Gasteiger partial charge is 0.0147 e. The molecule has 0 heteroatoms. The molecule has 0 amide bonds. The quantitative estimate of drug-likeness (QED) is 0.165. The third kappa shape index (κ3) is 12.0. The first-order valence-electron chi connectivity index (χ1n) is 18.6. The molecule has 0 aliphatic heterocycles. The third-order valence-electron chi connectivity index (χ3n) is 9.36. The fraction of sp³-hybridized carbons (Fsp3) is 0.216. The summed E-state index contributed by atoms with van der Waals surface area (Å²) < 4.78 is 0. The SMILES string of the molecule is CCC(C)c1ccccc1-c1ccccc1C.CCCc1ccccc1.Cc1ccc(-c2ccc(C)cc2)cc1.Cc1cccc2ccccc12. The molecule has 0 aliphatic rings. The molecule has 260 valence electrons. The Kier molecular flexibility index (Phi) is 15.5. The molecule has 0 aliphatic carbocycles. The minimum atomic E-state index is 0.616. The van der Waals surface area contributed by atoms with Crippen LogP contribution in [0.1, 0.15) is 72.9 Å². The first kappa shape index (κ1) is 38.6. The Morgan fingerprint density at radius 3 is 1.49 bits per heavy atom. The van der Waals surface area contributed by atoms with Crippen LogP contribution in [-0.4, -0.2) is 0 Å². The van der Waals surface area contributed by atoms with E-state index in [4.69, 9.17) is 0 Å². The molecular formula is C51H56. The van der Waals surface area contributed by atoms with E-state index in [2.05, 4.69) is 218 Å². The van der Waals surface area contributed by atoms with Gasteiger partial charge in [0.25, 0.3) is 0 Å². The highest BCUT2D eigenvalue weighted by molar-refractivity contribution is 5.85. The summed E-state index contributed by atoms with van der Waals surface area (Å²) in [5.41, 5.74) is 13.5. The molecule has 0 aromatic heterocycles. The van der Waals surface area contributed by atoms with Gasteiger partial charge in [-0.2, -0.15) is 0 Å². The van der Waals surface area contributed by atoms with Gasteiger partial charge in [0.05, 0.1) is 0 Å². The molecule has 7 aromatic carbocycles. The van der Waals surface area contributed by atoms with E-state index >= 15 is 0 Å². The van der Waals surface area contributed by atoms with Gasteiger partial charge in [0.15, 0.2) is 0 Å². The molecule has 0 spiro atoms. The van der Waals surface area contributed by atoms with E-state index in [1.807, 2.05) is 0 Å². The number of benzene rings is 7. The van der Waals surface area contributed by atoms with E-state index in [0.29, 0.717) is 5.92 Å². The Bertz CT molecular complexity index is 1970. The summed E-state index contributed by atoms with van der Waals surface area (Å²) in [4.78, 5) is 0. The van der Waals surface area contributed by atoms with Crippen molar-refractivity contribution < 1.29 is 0 Å². The number of hydrogen-bond donors (Lipinski definition) is 0. The van der Waals surface area contributed by atoms with Crippen molar-refractivity contribution in [2.24, 2.45) is 0 Å². The molecule has 0 fully saturated rings. The maximum atomic E-state index is 2.30. The molecule has 1 atom stereocenters. The van der Waals surface area contributed by atoms with Crippen molar-refractivity contribution in [3.63, 3.8) is 0 Å². The summed E-state index contributed by atoms with van der Waals surface area (Å²) in [6, 6.07) is 60.1. The van der Waals surface area contributed by atoms with Crippen molar-refractivity contribution in [1.82, 2.24) is 0 Å². The lowest BCUT2D eigenvalue weighted by atomic mass is 9.89. The Balaban J connectivity index is 0.000000157. The van der Waals surface area contributed by atoms with Crippen LogP contribution in [0.3, 0.4) is 0 Å². The molecule has 0 nitrogen and oxygen atoms in total. The maximum Gasteiger partial charge on any atom is -0.0147 e. The zero-order chi connectivity index (χ0) is 36.4. The minimum absolute atomic E-state index is 0.616. The topological polar surface area (TPSA) is 0 Å². The lowest BCUT2D eigenvalue weighted by molar-refractivity contribution is 0.735. The summed E-state index contributed by atoms with van der Waals surface area (Å²) in [5.74, 6) is 0.616. The molecule has 1 unspecified atom stereocenters. The van der Waals surface area contributed by atoms with E-state index in [1.54, 1.807) is 0 Å². The van der Waals surface area contributed by atoms with Crippen LogP contribution < -0.4 is 0 Å². The summed E-state index contributed by atoms with van der Waals surface area (Å²) in [6.07, 6.45) is 3.63. The Morgan fingerprint density at radius 1 is 0.431 bits per heavy atom. The second kappa shape index (κ2) is 20.5. The van der Waals surface area contributed by atoms with Gasteiger partial charge in [0.2, 0.25) is 0 Å². The van der Waals surface area contributed by atoms with Crippen molar-refractivity contribution in [1.29, 1.82) is 0 Å². The van der Waals surface area contributed by atoms with E-state index in [9.17, 15) is 0 Å². The van der Waals surface area contributed by atoms with Gasteiger partial charge in [-0.05, 0) is 102 Å². The summed E-state index contributed by atoms with van der Waals surface area (Å²) in [6.45, 7) is 15.3. The zero-order valence-electron chi connectivity index (χ0n) is 31.9. The molecule has 7 rings (SSSR count). The molecule has 51 heavy (non-hydrogen) atoms. The van der Waals surface area contributed by atoms with Crippen molar-refractivity contribution in [3.8, 4) is 22.3 Å². The first-order chi connectivity index (χ1) is 24.8. The molecule has 0 saturated carbocycles. The predicted molar refractivity (Wildman–Crippen MR) is 226 cm³/mol. The fourth-order valence-corrected chi connectivity index (χ4v) is 6.08. The van der Waals surface area contributed by atoms with Gasteiger partial charge in [-0.3, -0.25) is 0 Å². The van der Waals surface area contributed by atoms with Crippen molar-refractivity contribution >= 4 is 10.8 Å². The van der Waals surface area contributed by atoms with E-state index < -0.39 is 0 Å². The average molecular weight is 669 g/mol. The van der Waals surface area contributed by atoms with Crippen LogP contribution in [0.4, 0.5) is 0 Å². The van der Waals surface area contributed by atoms with Crippen LogP contribution in [0.2, 0.25) is 0 Å². The summed E-state index contributed by atoms with van der Waals surface area (Å²) in [7, 11) is 0. The second-order valence-corrected chi connectivity index (χ2v) is 13.5. The largest absolute Gasteiger partial charge is 0.0651 e. The van der Waals surface area contributed by atoms with Crippen LogP contribution in [0.15, 0.2) is 170 Å². The number of rotatable bonds is 6. The molecule has 0 saturated heterocycles. The molecule has 0 N–H and O–H groups in total. The molecule has 0 bridgehead atoms. The lowest BCUT2D eigenvalue weighted by Gasteiger charge is -2.16. The summed E-state index contributed by atoms with van der Waals surface area (Å²) >= 11 is 0. The molecule has 0 radical (unpaired) electrons. The van der Waals surface area contributed by atoms with Gasteiger partial charge < -0.3 is 0 Å². The van der Waals surface area contributed by atoms with Gasteiger partial charge in [0.1, 0.15) is 0 Å². The third-order valence-corrected chi connectivity index (χ3v) is 9.36. The van der Waals surface area contributed by atoms with Gasteiger partial charge in [-0.1, -0.05) is 208 Å². The molecular weight excluding hydrogens is 613 g/mol. The van der Waals surface area contributed by atoms with Crippen LogP contribution >= 0.6 is 0 Å². The monoisotopic (exact) mass is 668 g/mol. The zero-order valence-corrected chi connectivity index (χ0v) is 31.9. The Hall–Kier alpha value is -5.20. The normalized spacial score (nSPS) is 10.8. The van der Waals surface area contributed by atoms with E-state index in [-0.39, 0.29) is 0 Å². The highest BCUT2D eigenvalue weighted by Crippen LogP contribution is 2.32. The fourth-order valence-electron chi connectivity index (χ4n) is 6.08. The number of aryl methyl sites for hydroxylation is 5. The lowest BCUT2D eigenvalue weighted by Crippen LogP contribution is -1.95. The van der Waals surface area contributed by atoms with E-state index in [1.165, 1.54) is 85.7 Å². The number of fused-ring (bicyclic) bond motifs is 1. The van der Waals surface area contributed by atoms with Crippen LogP contribution in [-0.2, 0) is 6.42 Å². The van der Waals surface area contributed by atoms with E-state index in [0.717, 1.165) is 0 Å². The predicted octanol–water partition coefficient (Wildman–Crippen LogP) is 14.9. The highest BCUT2D eigenvalue weighted by atomic mass is 14.2. The van der Waals surface area contributed by atoms with Crippen molar-refractivity contribution in [3.05, 3.63) is 203 Å². The van der Waals surface area contributed by atoms with Crippen LogP contribution in [0.5, 0.6) is 0 Å². The standard InChI is InChI=1S/C17H20.C14H14.C11H10.C9H12/c1-4-13(2)15-10-7-8-12-17(15)16-11-6-5-9-14(16)3;1-11-3-7-13(8-4-11)14-9-5-12(2)6-10-14;1-9-5-4-7-10-6-2-3-8-11(9)10;1-2-6-9-7-4-3-5-8-9/h5-13H,4H2,1-3H3;3-10H,1-2H3;2-8H,1H3;3-5,7-8H,2,6H2,1H3. The summed E-state index contributed by atoms with van der Waals surface area (Å²) in [5, 5.41) is 2.68. The minimum Gasteiger partial charge on any atom is -0.0651 e. The van der Waals surface area contributed by atoms with Crippen LogP contribution in [0, 0.1) is 27.7 Å². The molecule has 7 aromatic rings. The number of hydrogen-bond acceptors (Lipinski definition) is 0. The van der Waals surface area contributed by atoms with Gasteiger partial charge in [-0.15, -0.1) is 0 Å². The van der Waals surface area contributed by atoms with Crippen molar-refractivity contribution in [2.75, 3.05) is 0 Å². The Labute approximate surface area is 308 Å². The van der Waals surface area contributed by atoms with Crippen LogP contribution in [0.25, 0.3) is 33.0 Å². The highest BCUT2D eigenvalue weighted by Gasteiger charge is 2.11. The molecule has 0 heterocycles. The first-order valence-corrected chi connectivity index (χ1v) is 18.6. The van der Waals surface area contributed by atoms with Gasteiger partial charge >= 0.3 is 0 Å². The van der Waals surface area contributed by atoms with Gasteiger partial charge in [-0.25, -0.2) is 0 Å².